The molecular weight excluding hydrogens is 198 g/mol. The van der Waals surface area contributed by atoms with Gasteiger partial charge in [0.05, 0.1) is 26.1 Å². The molecule has 2 fully saturated rings. The van der Waals surface area contributed by atoms with E-state index in [4.69, 9.17) is 9.47 Å². The summed E-state index contributed by atoms with van der Waals surface area (Å²) >= 11 is 0. The highest BCUT2D eigenvalue weighted by Crippen LogP contribution is 2.49. The van der Waals surface area contributed by atoms with Crippen molar-refractivity contribution in [2.45, 2.75) is 0 Å². The maximum absolute atomic E-state index is 11.5. The van der Waals surface area contributed by atoms with E-state index in [0.717, 1.165) is 13.1 Å². The minimum Gasteiger partial charge on any atom is -0.469 e. The zero-order chi connectivity index (χ0) is 11.0. The molecule has 1 N–H and O–H groups in total. The Bertz CT molecular complexity index is 263. The average Bonchev–Trinajstić information content (AvgIpc) is 2.62. The lowest BCUT2D eigenvalue weighted by Gasteiger charge is -2.44. The zero-order valence-electron chi connectivity index (χ0n) is 8.86. The molecule has 0 aromatic heterocycles. The highest BCUT2D eigenvalue weighted by molar-refractivity contribution is 5.85. The van der Waals surface area contributed by atoms with Crippen LogP contribution in [0.3, 0.4) is 0 Å². The molecule has 1 heterocycles. The summed E-state index contributed by atoms with van der Waals surface area (Å²) < 4.78 is 9.43. The number of carbonyl (C=O) groups excluding carboxylic acids is 2. The summed E-state index contributed by atoms with van der Waals surface area (Å²) in [7, 11) is 2.71. The normalized spacial score (nSPS) is 37.7. The van der Waals surface area contributed by atoms with Gasteiger partial charge in [-0.25, -0.2) is 0 Å². The Balaban J connectivity index is 2.13. The van der Waals surface area contributed by atoms with Crippen molar-refractivity contribution in [2.75, 3.05) is 27.3 Å². The predicted octanol–water partition coefficient (Wildman–Crippen LogP) is -0.586. The van der Waals surface area contributed by atoms with E-state index in [2.05, 4.69) is 5.32 Å². The van der Waals surface area contributed by atoms with Gasteiger partial charge in [0.2, 0.25) is 0 Å². The van der Waals surface area contributed by atoms with Crippen molar-refractivity contribution in [3.05, 3.63) is 0 Å². The van der Waals surface area contributed by atoms with Gasteiger partial charge >= 0.3 is 11.9 Å². The third-order valence-corrected chi connectivity index (χ3v) is 3.57. The fourth-order valence-electron chi connectivity index (χ4n) is 2.81. The maximum atomic E-state index is 11.5. The summed E-state index contributed by atoms with van der Waals surface area (Å²) in [6.45, 7) is 1.58. The van der Waals surface area contributed by atoms with Crippen molar-refractivity contribution in [3.63, 3.8) is 0 Å². The van der Waals surface area contributed by atoms with Crippen molar-refractivity contribution in [1.29, 1.82) is 0 Å². The molecule has 84 valence electrons. The maximum Gasteiger partial charge on any atom is 0.309 e. The lowest BCUT2D eigenvalue weighted by molar-refractivity contribution is -0.174. The van der Waals surface area contributed by atoms with E-state index in [1.54, 1.807) is 0 Å². The van der Waals surface area contributed by atoms with Crippen LogP contribution in [0.4, 0.5) is 0 Å². The second-order valence-corrected chi connectivity index (χ2v) is 4.08. The molecule has 0 aromatic rings. The Labute approximate surface area is 88.1 Å². The lowest BCUT2D eigenvalue weighted by atomic mass is 9.58. The van der Waals surface area contributed by atoms with E-state index in [-0.39, 0.29) is 35.6 Å². The van der Waals surface area contributed by atoms with Gasteiger partial charge in [0.1, 0.15) is 0 Å². The third kappa shape index (κ3) is 1.42. The molecular formula is C10H15NO4. The SMILES string of the molecule is COC(=O)[C@@H]1[C@@H]2CNC[C@@H]2[C@H]1C(=O)OC. The van der Waals surface area contributed by atoms with Crippen LogP contribution >= 0.6 is 0 Å². The van der Waals surface area contributed by atoms with Crippen LogP contribution in [0.2, 0.25) is 0 Å². The first-order chi connectivity index (χ1) is 7.20. The Kier molecular flexibility index (Phi) is 2.65. The molecule has 0 spiro atoms. The molecule has 5 heteroatoms. The highest BCUT2D eigenvalue weighted by Gasteiger charge is 2.59. The minimum absolute atomic E-state index is 0.238. The van der Waals surface area contributed by atoms with Gasteiger partial charge in [-0.1, -0.05) is 0 Å². The van der Waals surface area contributed by atoms with Crippen LogP contribution in [-0.2, 0) is 19.1 Å². The third-order valence-electron chi connectivity index (χ3n) is 3.57. The van der Waals surface area contributed by atoms with Gasteiger partial charge < -0.3 is 14.8 Å². The number of esters is 2. The molecule has 1 aliphatic heterocycles. The Morgan fingerprint density at radius 3 is 1.73 bits per heavy atom. The topological polar surface area (TPSA) is 64.6 Å². The second kappa shape index (κ2) is 3.81. The van der Waals surface area contributed by atoms with Gasteiger partial charge in [-0.05, 0) is 24.9 Å². The highest BCUT2D eigenvalue weighted by atomic mass is 16.5. The zero-order valence-corrected chi connectivity index (χ0v) is 8.86. The van der Waals surface area contributed by atoms with Gasteiger partial charge in [0, 0.05) is 0 Å². The van der Waals surface area contributed by atoms with Gasteiger partial charge in [-0.2, -0.15) is 0 Å². The van der Waals surface area contributed by atoms with Crippen LogP contribution in [0.1, 0.15) is 0 Å². The van der Waals surface area contributed by atoms with E-state index in [0.29, 0.717) is 0 Å². The molecule has 5 nitrogen and oxygen atoms in total. The molecule has 0 amide bonds. The fourth-order valence-corrected chi connectivity index (χ4v) is 2.81. The standard InChI is InChI=1S/C10H15NO4/c1-14-9(12)7-5-3-11-4-6(5)8(7)10(13)15-2/h5-8,11H,3-4H2,1-2H3/t5-,6+,7-,8-/m1/s1. The molecule has 0 unspecified atom stereocenters. The number of ether oxygens (including phenoxy) is 2. The Morgan fingerprint density at radius 2 is 1.40 bits per heavy atom. The molecule has 0 radical (unpaired) electrons. The summed E-state index contributed by atoms with van der Waals surface area (Å²) in [6, 6.07) is 0. The van der Waals surface area contributed by atoms with Crippen molar-refractivity contribution in [2.24, 2.45) is 23.7 Å². The molecule has 4 atom stereocenters. The number of nitrogens with one attached hydrogen (secondary N) is 1. The fraction of sp³-hybridized carbons (Fsp3) is 0.800. The molecule has 2 rings (SSSR count). The summed E-state index contributed by atoms with van der Waals surface area (Å²) in [4.78, 5) is 23.0. The van der Waals surface area contributed by atoms with E-state index in [1.165, 1.54) is 14.2 Å². The Hall–Kier alpha value is -1.10. The van der Waals surface area contributed by atoms with Crippen LogP contribution in [0.15, 0.2) is 0 Å². The van der Waals surface area contributed by atoms with Gasteiger partial charge in [-0.3, -0.25) is 9.59 Å². The smallest absolute Gasteiger partial charge is 0.309 e. The molecule has 0 aromatic carbocycles. The van der Waals surface area contributed by atoms with Crippen LogP contribution in [0.25, 0.3) is 0 Å². The average molecular weight is 213 g/mol. The molecule has 0 bridgehead atoms. The first-order valence-corrected chi connectivity index (χ1v) is 5.07. The van der Waals surface area contributed by atoms with Crippen molar-refractivity contribution in [1.82, 2.24) is 5.32 Å². The van der Waals surface area contributed by atoms with Crippen LogP contribution < -0.4 is 5.32 Å². The first-order valence-electron chi connectivity index (χ1n) is 5.07. The van der Waals surface area contributed by atoms with E-state index in [9.17, 15) is 9.59 Å². The Morgan fingerprint density at radius 1 is 1.00 bits per heavy atom. The van der Waals surface area contributed by atoms with Crippen molar-refractivity contribution in [3.8, 4) is 0 Å². The quantitative estimate of drug-likeness (QED) is 0.621. The van der Waals surface area contributed by atoms with E-state index in [1.807, 2.05) is 0 Å². The molecule has 1 saturated carbocycles. The number of methoxy groups -OCH3 is 2. The summed E-state index contributed by atoms with van der Waals surface area (Å²) in [5.74, 6) is -0.751. The number of fused-ring (bicyclic) bond motifs is 1. The second-order valence-electron chi connectivity index (χ2n) is 4.08. The van der Waals surface area contributed by atoms with Crippen molar-refractivity contribution >= 4 is 11.9 Å². The number of carbonyl (C=O) groups is 2. The molecule has 1 saturated heterocycles. The predicted molar refractivity (Wildman–Crippen MR) is 50.9 cm³/mol. The van der Waals surface area contributed by atoms with Crippen molar-refractivity contribution < 1.29 is 19.1 Å². The lowest BCUT2D eigenvalue weighted by Crippen LogP contribution is -2.54. The largest absolute Gasteiger partial charge is 0.469 e. The van der Waals surface area contributed by atoms with Gasteiger partial charge in [-0.15, -0.1) is 0 Å². The minimum atomic E-state index is -0.317. The number of hydrogen-bond donors (Lipinski definition) is 1. The van der Waals surface area contributed by atoms with Gasteiger partial charge in [0.25, 0.3) is 0 Å². The van der Waals surface area contributed by atoms with Crippen LogP contribution in [0, 0.1) is 23.7 Å². The van der Waals surface area contributed by atoms with Crippen LogP contribution in [0.5, 0.6) is 0 Å². The summed E-state index contributed by atoms with van der Waals surface area (Å²) in [5.41, 5.74) is 0. The summed E-state index contributed by atoms with van der Waals surface area (Å²) in [6.07, 6.45) is 0. The number of rotatable bonds is 2. The molecule has 15 heavy (non-hydrogen) atoms. The summed E-state index contributed by atoms with van der Waals surface area (Å²) in [5, 5.41) is 3.19. The van der Waals surface area contributed by atoms with Gasteiger partial charge in [0.15, 0.2) is 0 Å². The molecule has 1 aliphatic carbocycles. The van der Waals surface area contributed by atoms with E-state index < -0.39 is 0 Å². The monoisotopic (exact) mass is 213 g/mol. The first kappa shape index (κ1) is 10.4. The molecule has 2 aliphatic rings. The van der Waals surface area contributed by atoms with Crippen LogP contribution in [-0.4, -0.2) is 39.2 Å². The van der Waals surface area contributed by atoms with E-state index >= 15 is 0 Å². The number of hydrogen-bond acceptors (Lipinski definition) is 5.